The summed E-state index contributed by atoms with van der Waals surface area (Å²) in [6.45, 7) is 1.41. The lowest BCUT2D eigenvalue weighted by Gasteiger charge is -2.11. The van der Waals surface area contributed by atoms with E-state index in [4.69, 9.17) is 11.6 Å². The topological polar surface area (TPSA) is 72.0 Å². The Morgan fingerprint density at radius 3 is 2.45 bits per heavy atom. The molecule has 1 heterocycles. The zero-order valence-electron chi connectivity index (χ0n) is 16.0. The van der Waals surface area contributed by atoms with Gasteiger partial charge in [-0.05, 0) is 31.2 Å². The Labute approximate surface area is 185 Å². The average molecular weight is 466 g/mol. The number of alkyl halides is 3. The van der Waals surface area contributed by atoms with Gasteiger partial charge in [0.2, 0.25) is 5.91 Å². The van der Waals surface area contributed by atoms with E-state index in [1.54, 1.807) is 30.3 Å². The predicted molar refractivity (Wildman–Crippen MR) is 112 cm³/mol. The van der Waals surface area contributed by atoms with Crippen molar-refractivity contribution < 1.29 is 22.8 Å². The molecule has 0 unspecified atom stereocenters. The minimum atomic E-state index is -4.61. The van der Waals surface area contributed by atoms with Gasteiger partial charge >= 0.3 is 6.18 Å². The molecular formula is C21H15ClF3N3O2S. The van der Waals surface area contributed by atoms with Crippen LogP contribution in [-0.4, -0.2) is 27.4 Å². The monoisotopic (exact) mass is 465 g/mol. The van der Waals surface area contributed by atoms with E-state index < -0.39 is 17.8 Å². The maximum Gasteiger partial charge on any atom is 0.433 e. The van der Waals surface area contributed by atoms with Crippen LogP contribution in [0.2, 0.25) is 5.02 Å². The lowest BCUT2D eigenvalue weighted by Crippen LogP contribution is -2.17. The van der Waals surface area contributed by atoms with Crippen LogP contribution in [0.5, 0.6) is 0 Å². The molecule has 31 heavy (non-hydrogen) atoms. The van der Waals surface area contributed by atoms with Crippen LogP contribution in [0.3, 0.4) is 0 Å². The first kappa shape index (κ1) is 22.8. The molecular weight excluding hydrogens is 451 g/mol. The lowest BCUT2D eigenvalue weighted by atomic mass is 10.0. The van der Waals surface area contributed by atoms with Gasteiger partial charge in [-0.2, -0.15) is 13.2 Å². The molecule has 2 aromatic carbocycles. The zero-order chi connectivity index (χ0) is 22.6. The molecule has 0 saturated heterocycles. The van der Waals surface area contributed by atoms with Crippen LogP contribution < -0.4 is 5.32 Å². The van der Waals surface area contributed by atoms with Gasteiger partial charge in [0, 0.05) is 21.8 Å². The number of benzene rings is 2. The minimum Gasteiger partial charge on any atom is -0.325 e. The van der Waals surface area contributed by atoms with Gasteiger partial charge in [-0.15, -0.1) is 0 Å². The highest BCUT2D eigenvalue weighted by molar-refractivity contribution is 7.99. The van der Waals surface area contributed by atoms with Gasteiger partial charge in [0.05, 0.1) is 11.4 Å². The minimum absolute atomic E-state index is 0.138. The van der Waals surface area contributed by atoms with Crippen LogP contribution in [0.15, 0.2) is 59.8 Å². The highest BCUT2D eigenvalue weighted by Crippen LogP contribution is 2.29. The number of anilines is 1. The molecule has 0 aliphatic carbocycles. The third kappa shape index (κ3) is 6.05. The van der Waals surface area contributed by atoms with Gasteiger partial charge in [0.1, 0.15) is 5.69 Å². The molecule has 0 aliphatic rings. The summed E-state index contributed by atoms with van der Waals surface area (Å²) in [6.07, 6.45) is -4.61. The number of hydrogen-bond acceptors (Lipinski definition) is 5. The van der Waals surface area contributed by atoms with Crippen LogP contribution in [0.4, 0.5) is 18.9 Å². The molecule has 0 spiro atoms. The number of aromatic nitrogens is 2. The van der Waals surface area contributed by atoms with E-state index in [1.807, 2.05) is 0 Å². The first-order valence-corrected chi connectivity index (χ1v) is 10.2. The fourth-order valence-corrected chi connectivity index (χ4v) is 3.50. The Morgan fingerprint density at radius 2 is 1.77 bits per heavy atom. The quantitative estimate of drug-likeness (QED) is 0.299. The highest BCUT2D eigenvalue weighted by atomic mass is 35.5. The van der Waals surface area contributed by atoms with E-state index in [9.17, 15) is 22.8 Å². The number of thioether (sulfide) groups is 1. The van der Waals surface area contributed by atoms with Crippen molar-refractivity contribution in [1.29, 1.82) is 0 Å². The largest absolute Gasteiger partial charge is 0.433 e. The molecule has 0 saturated carbocycles. The van der Waals surface area contributed by atoms with Crippen molar-refractivity contribution in [2.24, 2.45) is 0 Å². The summed E-state index contributed by atoms with van der Waals surface area (Å²) in [5.74, 6) is -1.11. The molecule has 0 aliphatic heterocycles. The Balaban J connectivity index is 1.75. The molecule has 1 aromatic heterocycles. The Hall–Kier alpha value is -2.91. The summed E-state index contributed by atoms with van der Waals surface area (Å²) in [5.41, 5.74) is -0.0780. The second-order valence-corrected chi connectivity index (χ2v) is 7.78. The maximum absolute atomic E-state index is 12.9. The standard InChI is InChI=1S/C21H15ClF3N3O2S/c1-12-9-17(21(23,24)25)28-20(26-12)31-11-18(29)27-16-8-7-14(22)10-15(16)19(30)13-5-3-2-4-6-13/h2-10H,11H2,1H3,(H,27,29). The van der Waals surface area contributed by atoms with Crippen LogP contribution in [0, 0.1) is 6.92 Å². The third-order valence-corrected chi connectivity index (χ3v) is 5.08. The number of aryl methyl sites for hydroxylation is 1. The molecule has 5 nitrogen and oxygen atoms in total. The molecule has 10 heteroatoms. The number of hydrogen-bond donors (Lipinski definition) is 1. The summed E-state index contributed by atoms with van der Waals surface area (Å²) >= 11 is 6.78. The van der Waals surface area contributed by atoms with Crippen molar-refractivity contribution in [2.75, 3.05) is 11.1 Å². The zero-order valence-corrected chi connectivity index (χ0v) is 17.6. The molecule has 160 valence electrons. The Morgan fingerprint density at radius 1 is 1.06 bits per heavy atom. The van der Waals surface area contributed by atoms with Crippen LogP contribution in [-0.2, 0) is 11.0 Å². The van der Waals surface area contributed by atoms with Crippen molar-refractivity contribution in [1.82, 2.24) is 9.97 Å². The third-order valence-electron chi connectivity index (χ3n) is 3.99. The molecule has 1 N–H and O–H groups in total. The second kappa shape index (κ2) is 9.49. The normalized spacial score (nSPS) is 11.3. The fourth-order valence-electron chi connectivity index (χ4n) is 2.63. The SMILES string of the molecule is Cc1cc(C(F)(F)F)nc(SCC(=O)Nc2ccc(Cl)cc2C(=O)c2ccccc2)n1. The van der Waals surface area contributed by atoms with Gasteiger partial charge in [0.25, 0.3) is 0 Å². The van der Waals surface area contributed by atoms with E-state index in [1.165, 1.54) is 25.1 Å². The number of nitrogens with one attached hydrogen (secondary N) is 1. The number of carbonyl (C=O) groups excluding carboxylic acids is 2. The van der Waals surface area contributed by atoms with Gasteiger partial charge in [0.15, 0.2) is 10.9 Å². The van der Waals surface area contributed by atoms with Crippen LogP contribution in [0.1, 0.15) is 27.3 Å². The average Bonchev–Trinajstić information content (AvgIpc) is 2.72. The summed E-state index contributed by atoms with van der Waals surface area (Å²) in [6, 6.07) is 13.8. The molecule has 0 radical (unpaired) electrons. The number of halogens is 4. The van der Waals surface area contributed by atoms with E-state index in [2.05, 4.69) is 15.3 Å². The van der Waals surface area contributed by atoms with Crippen molar-refractivity contribution in [3.63, 3.8) is 0 Å². The van der Waals surface area contributed by atoms with Crippen molar-refractivity contribution in [3.05, 3.63) is 82.1 Å². The number of nitrogens with zero attached hydrogens (tertiary/aromatic N) is 2. The van der Waals surface area contributed by atoms with Gasteiger partial charge in [-0.3, -0.25) is 9.59 Å². The van der Waals surface area contributed by atoms with Gasteiger partial charge in [-0.1, -0.05) is 53.7 Å². The van der Waals surface area contributed by atoms with Crippen molar-refractivity contribution in [2.45, 2.75) is 18.3 Å². The summed E-state index contributed by atoms with van der Waals surface area (Å²) in [7, 11) is 0. The van der Waals surface area contributed by atoms with E-state index in [0.717, 1.165) is 17.8 Å². The van der Waals surface area contributed by atoms with Crippen molar-refractivity contribution >= 4 is 40.7 Å². The van der Waals surface area contributed by atoms with Gasteiger partial charge in [-0.25, -0.2) is 9.97 Å². The molecule has 0 fully saturated rings. The summed E-state index contributed by atoms with van der Waals surface area (Å²) in [4.78, 5) is 32.6. The van der Waals surface area contributed by atoms with E-state index >= 15 is 0 Å². The second-order valence-electron chi connectivity index (χ2n) is 6.40. The molecule has 3 rings (SSSR count). The number of amides is 1. The van der Waals surface area contributed by atoms with E-state index in [-0.39, 0.29) is 33.6 Å². The first-order valence-electron chi connectivity index (χ1n) is 8.88. The molecule has 0 atom stereocenters. The van der Waals surface area contributed by atoms with Crippen molar-refractivity contribution in [3.8, 4) is 0 Å². The summed E-state index contributed by atoms with van der Waals surface area (Å²) < 4.78 is 38.7. The first-order chi connectivity index (χ1) is 14.6. The lowest BCUT2D eigenvalue weighted by molar-refractivity contribution is -0.141. The highest BCUT2D eigenvalue weighted by Gasteiger charge is 2.33. The summed E-state index contributed by atoms with van der Waals surface area (Å²) in [5, 5.41) is 2.75. The Bertz CT molecular complexity index is 1120. The molecule has 3 aromatic rings. The van der Waals surface area contributed by atoms with Crippen LogP contribution in [0.25, 0.3) is 0 Å². The van der Waals surface area contributed by atoms with Gasteiger partial charge < -0.3 is 5.32 Å². The Kier molecular flexibility index (Phi) is 6.97. The van der Waals surface area contributed by atoms with E-state index in [0.29, 0.717) is 10.6 Å². The van der Waals surface area contributed by atoms with Crippen LogP contribution >= 0.6 is 23.4 Å². The smallest absolute Gasteiger partial charge is 0.325 e. The maximum atomic E-state index is 12.9. The molecule has 1 amide bonds. The molecule has 0 bridgehead atoms. The fraction of sp³-hybridized carbons (Fsp3) is 0.143. The number of rotatable bonds is 6. The number of carbonyl (C=O) groups is 2. The predicted octanol–water partition coefficient (Wildman–Crippen LogP) is 5.42. The number of ketones is 1.